The Bertz CT molecular complexity index is 600. The van der Waals surface area contributed by atoms with Crippen LogP contribution in [-0.2, 0) is 9.59 Å². The van der Waals surface area contributed by atoms with E-state index in [1.54, 1.807) is 19.1 Å². The number of nitrogen functional groups attached to an aromatic ring is 1. The van der Waals surface area contributed by atoms with E-state index < -0.39 is 23.8 Å². The molecule has 1 aliphatic rings. The molecule has 3 amide bonds. The van der Waals surface area contributed by atoms with Gasteiger partial charge < -0.3 is 15.4 Å². The molecule has 1 saturated heterocycles. The number of amides is 3. The topological polar surface area (TPSA) is 102 Å². The molecule has 0 saturated carbocycles. The highest BCUT2D eigenvalue weighted by molar-refractivity contribution is 6.07. The van der Waals surface area contributed by atoms with Gasteiger partial charge in [0, 0.05) is 5.56 Å². The largest absolute Gasteiger partial charge is 0.495 e. The molecular formula is C14H17N3O4. The molecule has 112 valence electrons. The van der Waals surface area contributed by atoms with E-state index >= 15 is 0 Å². The van der Waals surface area contributed by atoms with Gasteiger partial charge in [0.2, 0.25) is 11.8 Å². The predicted molar refractivity (Wildman–Crippen MR) is 75.7 cm³/mol. The molecule has 1 heterocycles. The van der Waals surface area contributed by atoms with Crippen LogP contribution in [0.2, 0.25) is 0 Å². The van der Waals surface area contributed by atoms with Crippen molar-refractivity contribution < 1.29 is 19.1 Å². The van der Waals surface area contributed by atoms with Crippen LogP contribution in [0, 0.1) is 0 Å². The molecule has 0 aromatic heterocycles. The predicted octanol–water partition coefficient (Wildman–Crippen LogP) is 0.155. The van der Waals surface area contributed by atoms with E-state index in [1.165, 1.54) is 18.1 Å². The molecule has 7 nitrogen and oxygen atoms in total. The Labute approximate surface area is 122 Å². The van der Waals surface area contributed by atoms with Gasteiger partial charge in [-0.1, -0.05) is 6.92 Å². The summed E-state index contributed by atoms with van der Waals surface area (Å²) in [6.45, 7) is 1.64. The fourth-order valence-electron chi connectivity index (χ4n) is 2.30. The molecule has 0 radical (unpaired) electrons. The number of methoxy groups -OCH3 is 1. The first-order valence-corrected chi connectivity index (χ1v) is 6.56. The molecule has 1 atom stereocenters. The average Bonchev–Trinajstić information content (AvgIpc) is 2.46. The van der Waals surface area contributed by atoms with Gasteiger partial charge in [0.25, 0.3) is 5.91 Å². The zero-order chi connectivity index (χ0) is 15.6. The molecule has 0 aliphatic carbocycles. The Hall–Kier alpha value is -2.57. The van der Waals surface area contributed by atoms with Crippen LogP contribution in [0.1, 0.15) is 23.7 Å². The number of rotatable bonds is 3. The minimum atomic E-state index is -0.654. The van der Waals surface area contributed by atoms with Crippen LogP contribution in [0.5, 0.6) is 5.75 Å². The summed E-state index contributed by atoms with van der Waals surface area (Å²) in [5.74, 6) is -0.963. The number of piperazine rings is 1. The van der Waals surface area contributed by atoms with Crippen LogP contribution in [0.3, 0.4) is 0 Å². The number of imide groups is 1. The van der Waals surface area contributed by atoms with Crippen molar-refractivity contribution in [2.45, 2.75) is 19.4 Å². The van der Waals surface area contributed by atoms with Crippen LogP contribution >= 0.6 is 0 Å². The van der Waals surface area contributed by atoms with Gasteiger partial charge in [0.05, 0.1) is 12.8 Å². The Morgan fingerprint density at radius 1 is 1.48 bits per heavy atom. The van der Waals surface area contributed by atoms with Crippen molar-refractivity contribution in [3.05, 3.63) is 23.8 Å². The molecule has 0 spiro atoms. The normalized spacial score (nSPS) is 18.4. The van der Waals surface area contributed by atoms with Gasteiger partial charge in [-0.05, 0) is 24.6 Å². The van der Waals surface area contributed by atoms with Gasteiger partial charge in [-0.15, -0.1) is 0 Å². The fraction of sp³-hybridized carbons (Fsp3) is 0.357. The van der Waals surface area contributed by atoms with Gasteiger partial charge >= 0.3 is 0 Å². The Balaban J connectivity index is 2.33. The number of hydrogen-bond donors (Lipinski definition) is 2. The van der Waals surface area contributed by atoms with E-state index in [2.05, 4.69) is 5.32 Å². The first-order chi connectivity index (χ1) is 9.97. The van der Waals surface area contributed by atoms with Crippen molar-refractivity contribution in [1.29, 1.82) is 0 Å². The molecule has 1 fully saturated rings. The molecule has 21 heavy (non-hydrogen) atoms. The Morgan fingerprint density at radius 2 is 2.19 bits per heavy atom. The van der Waals surface area contributed by atoms with E-state index in [1.807, 2.05) is 0 Å². The summed E-state index contributed by atoms with van der Waals surface area (Å²) in [7, 11) is 1.45. The first-order valence-electron chi connectivity index (χ1n) is 6.56. The maximum Gasteiger partial charge on any atom is 0.255 e. The third kappa shape index (κ3) is 2.81. The number of carbonyl (C=O) groups is 3. The SMILES string of the molecule is CCC1C(=O)NC(=O)CN1C(=O)c1ccc(N)c(OC)c1. The van der Waals surface area contributed by atoms with Gasteiger partial charge in [0.1, 0.15) is 18.3 Å². The second kappa shape index (κ2) is 5.82. The highest BCUT2D eigenvalue weighted by Gasteiger charge is 2.35. The monoisotopic (exact) mass is 291 g/mol. The summed E-state index contributed by atoms with van der Waals surface area (Å²) in [6.07, 6.45) is 0.428. The number of ether oxygens (including phenoxy) is 1. The number of nitrogens with two attached hydrogens (primary N) is 1. The van der Waals surface area contributed by atoms with Crippen LogP contribution in [-0.4, -0.2) is 42.3 Å². The number of nitrogens with one attached hydrogen (secondary N) is 1. The van der Waals surface area contributed by atoms with E-state index in [0.717, 1.165) is 0 Å². The Morgan fingerprint density at radius 3 is 2.81 bits per heavy atom. The summed E-state index contributed by atoms with van der Waals surface area (Å²) in [5.41, 5.74) is 6.44. The van der Waals surface area contributed by atoms with Crippen molar-refractivity contribution in [2.24, 2.45) is 0 Å². The summed E-state index contributed by atoms with van der Waals surface area (Å²) in [4.78, 5) is 37.1. The van der Waals surface area contributed by atoms with E-state index in [9.17, 15) is 14.4 Å². The lowest BCUT2D eigenvalue weighted by Gasteiger charge is -2.33. The van der Waals surface area contributed by atoms with Crippen molar-refractivity contribution in [3.8, 4) is 5.75 Å². The van der Waals surface area contributed by atoms with Gasteiger partial charge in [-0.3, -0.25) is 19.7 Å². The highest BCUT2D eigenvalue weighted by atomic mass is 16.5. The van der Waals surface area contributed by atoms with Crippen molar-refractivity contribution in [1.82, 2.24) is 10.2 Å². The zero-order valence-corrected chi connectivity index (χ0v) is 11.9. The highest BCUT2D eigenvalue weighted by Crippen LogP contribution is 2.24. The molecule has 1 aliphatic heterocycles. The smallest absolute Gasteiger partial charge is 0.255 e. The van der Waals surface area contributed by atoms with Crippen LogP contribution in [0.15, 0.2) is 18.2 Å². The minimum absolute atomic E-state index is 0.143. The third-order valence-electron chi connectivity index (χ3n) is 3.38. The van der Waals surface area contributed by atoms with Crippen molar-refractivity contribution >= 4 is 23.4 Å². The molecular weight excluding hydrogens is 274 g/mol. The molecule has 1 aromatic carbocycles. The molecule has 7 heteroatoms. The van der Waals surface area contributed by atoms with E-state index in [4.69, 9.17) is 10.5 Å². The summed E-state index contributed by atoms with van der Waals surface area (Å²) in [5, 5.41) is 2.23. The molecule has 1 unspecified atom stereocenters. The summed E-state index contributed by atoms with van der Waals surface area (Å²) in [6, 6.07) is 3.95. The van der Waals surface area contributed by atoms with Gasteiger partial charge in [-0.2, -0.15) is 0 Å². The third-order valence-corrected chi connectivity index (χ3v) is 3.38. The first kappa shape index (κ1) is 14.8. The number of nitrogens with zero attached hydrogens (tertiary/aromatic N) is 1. The van der Waals surface area contributed by atoms with Crippen LogP contribution in [0.25, 0.3) is 0 Å². The number of carbonyl (C=O) groups excluding carboxylic acids is 3. The maximum atomic E-state index is 12.5. The molecule has 2 rings (SSSR count). The maximum absolute atomic E-state index is 12.5. The Kier molecular flexibility index (Phi) is 4.11. The van der Waals surface area contributed by atoms with E-state index in [-0.39, 0.29) is 6.54 Å². The van der Waals surface area contributed by atoms with Crippen molar-refractivity contribution in [3.63, 3.8) is 0 Å². The second-order valence-corrected chi connectivity index (χ2v) is 4.73. The number of hydrogen-bond acceptors (Lipinski definition) is 5. The van der Waals surface area contributed by atoms with Crippen molar-refractivity contribution in [2.75, 3.05) is 19.4 Å². The summed E-state index contributed by atoms with van der Waals surface area (Å²) < 4.78 is 5.08. The molecule has 3 N–H and O–H groups in total. The lowest BCUT2D eigenvalue weighted by molar-refractivity contribution is -0.138. The lowest BCUT2D eigenvalue weighted by Crippen LogP contribution is -2.59. The molecule has 0 bridgehead atoms. The minimum Gasteiger partial charge on any atom is -0.495 e. The molecule has 1 aromatic rings. The van der Waals surface area contributed by atoms with Gasteiger partial charge in [-0.25, -0.2) is 0 Å². The standard InChI is InChI=1S/C14H17N3O4/c1-3-10-13(19)16-12(18)7-17(10)14(20)8-4-5-9(15)11(6-8)21-2/h4-6,10H,3,7,15H2,1-2H3,(H,16,18,19). The number of anilines is 1. The van der Waals surface area contributed by atoms with Crippen LogP contribution < -0.4 is 15.8 Å². The number of benzene rings is 1. The van der Waals surface area contributed by atoms with Gasteiger partial charge in [0.15, 0.2) is 0 Å². The second-order valence-electron chi connectivity index (χ2n) is 4.73. The lowest BCUT2D eigenvalue weighted by atomic mass is 10.1. The fourth-order valence-corrected chi connectivity index (χ4v) is 2.30. The zero-order valence-electron chi connectivity index (χ0n) is 11.9. The van der Waals surface area contributed by atoms with E-state index in [0.29, 0.717) is 23.4 Å². The van der Waals surface area contributed by atoms with Crippen LogP contribution in [0.4, 0.5) is 5.69 Å². The quantitative estimate of drug-likeness (QED) is 0.610. The summed E-state index contributed by atoms with van der Waals surface area (Å²) >= 11 is 0. The average molecular weight is 291 g/mol.